The summed E-state index contributed by atoms with van der Waals surface area (Å²) >= 11 is 0. The van der Waals surface area contributed by atoms with E-state index in [1.54, 1.807) is 24.3 Å². The first kappa shape index (κ1) is 12.9. The lowest BCUT2D eigenvalue weighted by molar-refractivity contribution is -0.384. The highest BCUT2D eigenvalue weighted by atomic mass is 16.6. The van der Waals surface area contributed by atoms with Crippen LogP contribution in [-0.4, -0.2) is 42.8 Å². The number of nitro groups is 1. The van der Waals surface area contributed by atoms with E-state index >= 15 is 0 Å². The number of nitro benzene ring substituents is 1. The molecule has 1 aliphatic heterocycles. The Labute approximate surface area is 106 Å². The molecule has 0 radical (unpaired) electrons. The summed E-state index contributed by atoms with van der Waals surface area (Å²) in [5.74, 6) is 0. The zero-order chi connectivity index (χ0) is 12.8. The standard InChI is InChI=1S/C12H17N3O3/c16-15(17)12-3-1-11(2-4-12)5-6-13-14-7-9-18-10-8-14/h1-4,13H,5-10H2. The second-order valence-electron chi connectivity index (χ2n) is 4.18. The van der Waals surface area contributed by atoms with E-state index in [1.807, 2.05) is 0 Å². The molecule has 6 nitrogen and oxygen atoms in total. The molecule has 98 valence electrons. The molecular weight excluding hydrogens is 234 g/mol. The molecule has 0 aliphatic carbocycles. The molecule has 0 bridgehead atoms. The molecule has 6 heteroatoms. The molecule has 1 N–H and O–H groups in total. The summed E-state index contributed by atoms with van der Waals surface area (Å²) < 4.78 is 5.25. The van der Waals surface area contributed by atoms with E-state index in [-0.39, 0.29) is 10.6 Å². The Balaban J connectivity index is 1.74. The zero-order valence-corrected chi connectivity index (χ0v) is 10.2. The summed E-state index contributed by atoms with van der Waals surface area (Å²) in [4.78, 5) is 10.1. The molecule has 18 heavy (non-hydrogen) atoms. The van der Waals surface area contributed by atoms with Crippen LogP contribution in [0.15, 0.2) is 24.3 Å². The van der Waals surface area contributed by atoms with Crippen molar-refractivity contribution < 1.29 is 9.66 Å². The van der Waals surface area contributed by atoms with Gasteiger partial charge in [-0.05, 0) is 12.0 Å². The molecule has 1 aromatic rings. The first-order chi connectivity index (χ1) is 8.75. The maximum absolute atomic E-state index is 10.5. The van der Waals surface area contributed by atoms with Crippen LogP contribution in [0.4, 0.5) is 5.69 Å². The molecule has 1 fully saturated rings. The van der Waals surface area contributed by atoms with E-state index in [9.17, 15) is 10.1 Å². The van der Waals surface area contributed by atoms with Crippen molar-refractivity contribution >= 4 is 5.69 Å². The lowest BCUT2D eigenvalue weighted by Gasteiger charge is -2.27. The van der Waals surface area contributed by atoms with Gasteiger partial charge >= 0.3 is 0 Å². The minimum absolute atomic E-state index is 0.139. The number of hydrogen-bond acceptors (Lipinski definition) is 5. The zero-order valence-electron chi connectivity index (χ0n) is 10.2. The summed E-state index contributed by atoms with van der Waals surface area (Å²) in [6.07, 6.45) is 0.856. The number of morpholine rings is 1. The number of benzene rings is 1. The van der Waals surface area contributed by atoms with E-state index in [0.717, 1.165) is 44.8 Å². The lowest BCUT2D eigenvalue weighted by atomic mass is 10.1. The van der Waals surface area contributed by atoms with Crippen molar-refractivity contribution in [3.63, 3.8) is 0 Å². The number of nitrogens with one attached hydrogen (secondary N) is 1. The molecular formula is C12H17N3O3. The molecule has 0 atom stereocenters. The van der Waals surface area contributed by atoms with Crippen LogP contribution in [0.25, 0.3) is 0 Å². The molecule has 0 aromatic heterocycles. The minimum Gasteiger partial charge on any atom is -0.379 e. The average molecular weight is 251 g/mol. The first-order valence-corrected chi connectivity index (χ1v) is 6.05. The van der Waals surface area contributed by atoms with Crippen LogP contribution in [0.3, 0.4) is 0 Å². The second kappa shape index (κ2) is 6.44. The fourth-order valence-corrected chi connectivity index (χ4v) is 1.86. The Hall–Kier alpha value is -1.50. The van der Waals surface area contributed by atoms with Gasteiger partial charge < -0.3 is 4.74 Å². The number of ether oxygens (including phenoxy) is 1. The first-order valence-electron chi connectivity index (χ1n) is 6.05. The maximum Gasteiger partial charge on any atom is 0.269 e. The lowest BCUT2D eigenvalue weighted by Crippen LogP contribution is -2.46. The molecule has 0 saturated carbocycles. The van der Waals surface area contributed by atoms with Crippen molar-refractivity contribution in [3.8, 4) is 0 Å². The van der Waals surface area contributed by atoms with E-state index in [1.165, 1.54) is 0 Å². The molecule has 1 saturated heterocycles. The quantitative estimate of drug-likeness (QED) is 0.624. The van der Waals surface area contributed by atoms with Crippen LogP contribution in [0, 0.1) is 10.1 Å². The summed E-state index contributed by atoms with van der Waals surface area (Å²) in [6, 6.07) is 6.70. The second-order valence-corrected chi connectivity index (χ2v) is 4.18. The van der Waals surface area contributed by atoms with Crippen LogP contribution in [-0.2, 0) is 11.2 Å². The number of nitrogens with zero attached hydrogens (tertiary/aromatic N) is 2. The highest BCUT2D eigenvalue weighted by molar-refractivity contribution is 5.32. The molecule has 0 unspecified atom stereocenters. The van der Waals surface area contributed by atoms with Gasteiger partial charge in [-0.3, -0.25) is 15.5 Å². The molecule has 1 aromatic carbocycles. The van der Waals surface area contributed by atoms with Crippen molar-refractivity contribution in [2.45, 2.75) is 6.42 Å². The van der Waals surface area contributed by atoms with Gasteiger partial charge in [0.25, 0.3) is 5.69 Å². The summed E-state index contributed by atoms with van der Waals surface area (Å²) in [6.45, 7) is 4.17. The van der Waals surface area contributed by atoms with Crippen LogP contribution in [0.2, 0.25) is 0 Å². The smallest absolute Gasteiger partial charge is 0.269 e. The predicted octanol–water partition coefficient (Wildman–Crippen LogP) is 0.974. The van der Waals surface area contributed by atoms with Crippen molar-refractivity contribution in [1.82, 2.24) is 10.4 Å². The van der Waals surface area contributed by atoms with Crippen LogP contribution >= 0.6 is 0 Å². The third-order valence-electron chi connectivity index (χ3n) is 2.91. The van der Waals surface area contributed by atoms with E-state index in [2.05, 4.69) is 10.4 Å². The van der Waals surface area contributed by atoms with E-state index in [4.69, 9.17) is 4.74 Å². The highest BCUT2D eigenvalue weighted by Gasteiger charge is 2.09. The fourth-order valence-electron chi connectivity index (χ4n) is 1.86. The monoisotopic (exact) mass is 251 g/mol. The van der Waals surface area contributed by atoms with Crippen molar-refractivity contribution in [2.24, 2.45) is 0 Å². The van der Waals surface area contributed by atoms with Gasteiger partial charge in [-0.2, -0.15) is 0 Å². The number of non-ortho nitro benzene ring substituents is 1. The number of hydrazine groups is 1. The van der Waals surface area contributed by atoms with Crippen molar-refractivity contribution in [3.05, 3.63) is 39.9 Å². The molecule has 0 spiro atoms. The van der Waals surface area contributed by atoms with E-state index < -0.39 is 0 Å². The SMILES string of the molecule is O=[N+]([O-])c1ccc(CCNN2CCOCC2)cc1. The third-order valence-corrected chi connectivity index (χ3v) is 2.91. The van der Waals surface area contributed by atoms with Gasteiger partial charge in [0.05, 0.1) is 18.1 Å². The normalized spacial score (nSPS) is 16.7. The van der Waals surface area contributed by atoms with Gasteiger partial charge in [-0.25, -0.2) is 5.01 Å². The highest BCUT2D eigenvalue weighted by Crippen LogP contribution is 2.11. The van der Waals surface area contributed by atoms with Gasteiger partial charge in [-0.1, -0.05) is 12.1 Å². The number of rotatable bonds is 5. The minimum atomic E-state index is -0.379. The van der Waals surface area contributed by atoms with Gasteiger partial charge in [0.1, 0.15) is 0 Å². The molecule has 1 heterocycles. The molecule has 2 rings (SSSR count). The van der Waals surface area contributed by atoms with Crippen molar-refractivity contribution in [2.75, 3.05) is 32.8 Å². The Morgan fingerprint density at radius 1 is 1.28 bits per heavy atom. The molecule has 0 amide bonds. The van der Waals surface area contributed by atoms with Gasteiger partial charge in [0, 0.05) is 31.8 Å². The largest absolute Gasteiger partial charge is 0.379 e. The van der Waals surface area contributed by atoms with Crippen molar-refractivity contribution in [1.29, 1.82) is 0 Å². The van der Waals surface area contributed by atoms with Crippen LogP contribution < -0.4 is 5.43 Å². The fraction of sp³-hybridized carbons (Fsp3) is 0.500. The Morgan fingerprint density at radius 2 is 1.94 bits per heavy atom. The third kappa shape index (κ3) is 3.76. The Kier molecular flexibility index (Phi) is 4.63. The van der Waals surface area contributed by atoms with Crippen LogP contribution in [0.5, 0.6) is 0 Å². The predicted molar refractivity (Wildman–Crippen MR) is 67.2 cm³/mol. The number of hydrogen-bond donors (Lipinski definition) is 1. The van der Waals surface area contributed by atoms with Crippen LogP contribution in [0.1, 0.15) is 5.56 Å². The Morgan fingerprint density at radius 3 is 2.56 bits per heavy atom. The maximum atomic E-state index is 10.5. The summed E-state index contributed by atoms with van der Waals surface area (Å²) in [7, 11) is 0. The summed E-state index contributed by atoms with van der Waals surface area (Å²) in [5.41, 5.74) is 4.56. The molecule has 1 aliphatic rings. The van der Waals surface area contributed by atoms with Gasteiger partial charge in [0.2, 0.25) is 0 Å². The Bertz CT molecular complexity index is 388. The topological polar surface area (TPSA) is 67.6 Å². The van der Waals surface area contributed by atoms with E-state index in [0.29, 0.717) is 0 Å². The van der Waals surface area contributed by atoms with Gasteiger partial charge in [-0.15, -0.1) is 0 Å². The summed E-state index contributed by atoms with van der Waals surface area (Å²) in [5, 5.41) is 12.7. The average Bonchev–Trinajstić information content (AvgIpc) is 2.40. The van der Waals surface area contributed by atoms with Gasteiger partial charge in [0.15, 0.2) is 0 Å².